The molecule has 1 fully saturated rings. The van der Waals surface area contributed by atoms with Gasteiger partial charge in [-0.15, -0.1) is 0 Å². The average Bonchev–Trinajstić information content (AvgIpc) is 2.82. The first-order valence-electron chi connectivity index (χ1n) is 7.28. The van der Waals surface area contributed by atoms with Crippen LogP contribution in [0.4, 0.5) is 13.2 Å². The van der Waals surface area contributed by atoms with Crippen molar-refractivity contribution in [1.29, 1.82) is 0 Å². The van der Waals surface area contributed by atoms with Gasteiger partial charge in [0, 0.05) is 13.0 Å². The lowest BCUT2D eigenvalue weighted by Gasteiger charge is -2.29. The number of rotatable bonds is 2. The summed E-state index contributed by atoms with van der Waals surface area (Å²) in [7, 11) is 0. The molecule has 1 atom stereocenters. The van der Waals surface area contributed by atoms with Crippen LogP contribution >= 0.6 is 0 Å². The summed E-state index contributed by atoms with van der Waals surface area (Å²) in [6, 6.07) is 0.793. The zero-order valence-electron chi connectivity index (χ0n) is 12.6. The lowest BCUT2D eigenvalue weighted by atomic mass is 9.96. The van der Waals surface area contributed by atoms with Gasteiger partial charge in [-0.25, -0.2) is 0 Å². The second-order valence-electron chi connectivity index (χ2n) is 5.78. The summed E-state index contributed by atoms with van der Waals surface area (Å²) in [5.74, 6) is -3.44. The Morgan fingerprint density at radius 2 is 1.92 bits per heavy atom. The number of primary amides is 1. The third kappa shape index (κ3) is 2.73. The molecule has 0 bridgehead atoms. The lowest BCUT2D eigenvalue weighted by molar-refractivity contribution is -0.138. The van der Waals surface area contributed by atoms with Crippen LogP contribution in [0, 0.1) is 0 Å². The van der Waals surface area contributed by atoms with Crippen LogP contribution in [0.25, 0.3) is 0 Å². The molecule has 1 unspecified atom stereocenters. The molecule has 25 heavy (non-hydrogen) atoms. The standard InChI is InChI=1S/C15H12F3N3O4/c16-15(17,18)7-2-1-6-5-21(8-3-4-9(22)20-13(8)24)14(25)10(6)11(7)12(19)23/h1-2,8H,3-5H2,(H2,19,23)(H,20,22,24). The van der Waals surface area contributed by atoms with Crippen molar-refractivity contribution in [3.05, 3.63) is 34.4 Å². The molecular formula is C15H12F3N3O4. The van der Waals surface area contributed by atoms with Crippen molar-refractivity contribution in [2.24, 2.45) is 5.73 Å². The molecule has 10 heteroatoms. The zero-order valence-corrected chi connectivity index (χ0v) is 12.6. The van der Waals surface area contributed by atoms with Gasteiger partial charge in [-0.1, -0.05) is 6.07 Å². The molecule has 0 radical (unpaired) electrons. The number of hydrogen-bond donors (Lipinski definition) is 2. The Hall–Kier alpha value is -2.91. The molecule has 3 rings (SSSR count). The lowest BCUT2D eigenvalue weighted by Crippen LogP contribution is -2.52. The Labute approximate surface area is 138 Å². The molecule has 0 spiro atoms. The van der Waals surface area contributed by atoms with Gasteiger partial charge in [0.1, 0.15) is 6.04 Å². The maximum atomic E-state index is 13.1. The van der Waals surface area contributed by atoms with Crippen LogP contribution in [0.5, 0.6) is 0 Å². The third-order valence-electron chi connectivity index (χ3n) is 4.25. The summed E-state index contributed by atoms with van der Waals surface area (Å²) in [6.45, 7) is -0.140. The van der Waals surface area contributed by atoms with Crippen molar-refractivity contribution < 1.29 is 32.3 Å². The van der Waals surface area contributed by atoms with Gasteiger partial charge in [-0.05, 0) is 18.1 Å². The van der Waals surface area contributed by atoms with E-state index in [1.54, 1.807) is 0 Å². The first-order valence-corrected chi connectivity index (χ1v) is 7.28. The number of carbonyl (C=O) groups is 4. The van der Waals surface area contributed by atoms with Crippen LogP contribution in [0.2, 0.25) is 0 Å². The van der Waals surface area contributed by atoms with E-state index in [4.69, 9.17) is 5.73 Å². The van der Waals surface area contributed by atoms with Crippen molar-refractivity contribution in [2.75, 3.05) is 0 Å². The largest absolute Gasteiger partial charge is 0.417 e. The zero-order chi connectivity index (χ0) is 18.5. The summed E-state index contributed by atoms with van der Waals surface area (Å²) in [5.41, 5.74) is 2.63. The number of piperidine rings is 1. The molecule has 7 nitrogen and oxygen atoms in total. The number of carbonyl (C=O) groups excluding carboxylic acids is 4. The SMILES string of the molecule is NC(=O)c1c(C(F)(F)F)ccc2c1C(=O)N(C1CCC(=O)NC1=O)C2. The highest BCUT2D eigenvalue weighted by molar-refractivity contribution is 6.12. The van der Waals surface area contributed by atoms with Crippen molar-refractivity contribution >= 4 is 23.6 Å². The van der Waals surface area contributed by atoms with E-state index in [1.165, 1.54) is 0 Å². The van der Waals surface area contributed by atoms with Gasteiger partial charge in [0.2, 0.25) is 17.7 Å². The van der Waals surface area contributed by atoms with Crippen LogP contribution in [-0.4, -0.2) is 34.6 Å². The van der Waals surface area contributed by atoms with E-state index < -0.39 is 52.5 Å². The minimum atomic E-state index is -4.86. The minimum Gasteiger partial charge on any atom is -0.366 e. The molecule has 2 aliphatic rings. The highest BCUT2D eigenvalue weighted by Gasteiger charge is 2.44. The quantitative estimate of drug-likeness (QED) is 0.756. The van der Waals surface area contributed by atoms with Gasteiger partial charge in [0.15, 0.2) is 0 Å². The highest BCUT2D eigenvalue weighted by atomic mass is 19.4. The maximum Gasteiger partial charge on any atom is 0.417 e. The first-order chi connectivity index (χ1) is 11.6. The number of nitrogens with two attached hydrogens (primary N) is 1. The van der Waals surface area contributed by atoms with E-state index in [2.05, 4.69) is 5.32 Å². The molecule has 1 aromatic carbocycles. The normalized spacial score (nSPS) is 20.5. The van der Waals surface area contributed by atoms with Crippen molar-refractivity contribution in [3.63, 3.8) is 0 Å². The summed E-state index contributed by atoms with van der Waals surface area (Å²) >= 11 is 0. The van der Waals surface area contributed by atoms with E-state index in [1.807, 2.05) is 0 Å². The number of hydrogen-bond acceptors (Lipinski definition) is 4. The molecule has 0 aliphatic carbocycles. The number of nitrogens with one attached hydrogen (secondary N) is 1. The topological polar surface area (TPSA) is 110 Å². The van der Waals surface area contributed by atoms with Gasteiger partial charge in [-0.2, -0.15) is 13.2 Å². The molecule has 1 saturated heterocycles. The van der Waals surface area contributed by atoms with E-state index in [-0.39, 0.29) is 24.9 Å². The molecular weight excluding hydrogens is 343 g/mol. The third-order valence-corrected chi connectivity index (χ3v) is 4.25. The predicted molar refractivity (Wildman–Crippen MR) is 76.0 cm³/mol. The Morgan fingerprint density at radius 1 is 1.24 bits per heavy atom. The minimum absolute atomic E-state index is 0.00695. The van der Waals surface area contributed by atoms with Crippen LogP contribution in [0.15, 0.2) is 12.1 Å². The van der Waals surface area contributed by atoms with Gasteiger partial charge in [-0.3, -0.25) is 24.5 Å². The fourth-order valence-corrected chi connectivity index (χ4v) is 3.14. The Balaban J connectivity index is 2.05. The molecule has 2 aliphatic heterocycles. The number of benzene rings is 1. The van der Waals surface area contributed by atoms with Gasteiger partial charge >= 0.3 is 6.18 Å². The van der Waals surface area contributed by atoms with Gasteiger partial charge in [0.05, 0.1) is 16.7 Å². The van der Waals surface area contributed by atoms with Gasteiger partial charge in [0.25, 0.3) is 5.91 Å². The van der Waals surface area contributed by atoms with Crippen molar-refractivity contribution in [3.8, 4) is 0 Å². The molecule has 2 heterocycles. The number of imide groups is 1. The number of amides is 4. The first kappa shape index (κ1) is 16.9. The summed E-state index contributed by atoms with van der Waals surface area (Å²) < 4.78 is 39.4. The molecule has 1 aromatic rings. The van der Waals surface area contributed by atoms with E-state index in [9.17, 15) is 32.3 Å². The van der Waals surface area contributed by atoms with Crippen LogP contribution < -0.4 is 11.1 Å². The molecule has 0 saturated carbocycles. The van der Waals surface area contributed by atoms with Crippen LogP contribution in [-0.2, 0) is 22.3 Å². The average molecular weight is 355 g/mol. The van der Waals surface area contributed by atoms with Crippen molar-refractivity contribution in [1.82, 2.24) is 10.2 Å². The van der Waals surface area contributed by atoms with E-state index in [0.29, 0.717) is 6.07 Å². The number of fused-ring (bicyclic) bond motifs is 1. The summed E-state index contributed by atoms with van der Waals surface area (Å²) in [5, 5.41) is 2.08. The maximum absolute atomic E-state index is 13.1. The Morgan fingerprint density at radius 3 is 2.48 bits per heavy atom. The monoisotopic (exact) mass is 355 g/mol. The molecule has 132 valence electrons. The second-order valence-corrected chi connectivity index (χ2v) is 5.78. The van der Waals surface area contributed by atoms with E-state index >= 15 is 0 Å². The number of nitrogens with zero attached hydrogens (tertiary/aromatic N) is 1. The second kappa shape index (κ2) is 5.57. The Kier molecular flexibility index (Phi) is 3.77. The molecule has 0 aromatic heterocycles. The molecule has 3 N–H and O–H groups in total. The summed E-state index contributed by atoms with van der Waals surface area (Å²) in [6.07, 6.45) is -4.79. The van der Waals surface area contributed by atoms with Crippen LogP contribution in [0.1, 0.15) is 44.7 Å². The smallest absolute Gasteiger partial charge is 0.366 e. The highest BCUT2D eigenvalue weighted by Crippen LogP contribution is 2.38. The van der Waals surface area contributed by atoms with Gasteiger partial charge < -0.3 is 10.6 Å². The number of alkyl halides is 3. The van der Waals surface area contributed by atoms with Crippen LogP contribution in [0.3, 0.4) is 0 Å². The predicted octanol–water partition coefficient (Wildman–Crippen LogP) is 0.565. The fraction of sp³-hybridized carbons (Fsp3) is 0.333. The van der Waals surface area contributed by atoms with E-state index in [0.717, 1.165) is 11.0 Å². The Bertz CT molecular complexity index is 819. The summed E-state index contributed by atoms with van der Waals surface area (Å²) in [4.78, 5) is 48.4. The number of halogens is 3. The fourth-order valence-electron chi connectivity index (χ4n) is 3.14. The molecule has 4 amide bonds. The van der Waals surface area contributed by atoms with Crippen molar-refractivity contribution in [2.45, 2.75) is 31.6 Å².